The van der Waals surface area contributed by atoms with Crippen LogP contribution in [-0.4, -0.2) is 62.1 Å². The van der Waals surface area contributed by atoms with E-state index in [-0.39, 0.29) is 30.8 Å². The Morgan fingerprint density at radius 2 is 1.63 bits per heavy atom. The molecule has 0 radical (unpaired) electrons. The van der Waals surface area contributed by atoms with Crippen LogP contribution in [0.15, 0.2) is 70.7 Å². The zero-order chi connectivity index (χ0) is 36.8. The number of hydrogen-bond donors (Lipinski definition) is 4. The van der Waals surface area contributed by atoms with E-state index >= 15 is 0 Å². The summed E-state index contributed by atoms with van der Waals surface area (Å²) in [5, 5.41) is 13.5. The number of anilines is 1. The lowest BCUT2D eigenvalue weighted by Crippen LogP contribution is -2.49. The van der Waals surface area contributed by atoms with Crippen LogP contribution in [0.3, 0.4) is 0 Å². The highest BCUT2D eigenvalue weighted by Crippen LogP contribution is 2.45. The quantitative estimate of drug-likeness (QED) is 0.105. The van der Waals surface area contributed by atoms with Gasteiger partial charge in [0.2, 0.25) is 23.2 Å². The summed E-state index contributed by atoms with van der Waals surface area (Å²) in [6, 6.07) is 18.3. The Morgan fingerprint density at radius 1 is 0.882 bits per heavy atom. The summed E-state index contributed by atoms with van der Waals surface area (Å²) in [5.74, 6) is -0.516. The minimum Gasteiger partial charge on any atom is -0.444 e. The monoisotopic (exact) mass is 717 g/mol. The first-order valence-corrected chi connectivity index (χ1v) is 18.6. The molecule has 0 saturated carbocycles. The van der Waals surface area contributed by atoms with Gasteiger partial charge < -0.3 is 30.9 Å². The molecule has 12 heteroatoms. The average molecular weight is 718 g/mol. The second-order valence-corrected chi connectivity index (χ2v) is 14.8. The van der Waals surface area contributed by atoms with Gasteiger partial charge in [-0.1, -0.05) is 36.0 Å². The SMILES string of the molecule is CC(=O)NCCCCC(NC(=O)OC(C)(C)C)C(=O)NCCNC(=O)CCCCC[n+]1ccc(C=C2Sc3ccccc3N2C)c2ccccc21. The molecule has 2 aromatic carbocycles. The van der Waals surface area contributed by atoms with E-state index in [9.17, 15) is 19.2 Å². The fourth-order valence-electron chi connectivity index (χ4n) is 5.81. The van der Waals surface area contributed by atoms with Gasteiger partial charge >= 0.3 is 6.09 Å². The Labute approximate surface area is 306 Å². The number of nitrogens with zero attached hydrogens (tertiary/aromatic N) is 2. The first kappa shape index (κ1) is 39.2. The van der Waals surface area contributed by atoms with Crippen molar-refractivity contribution in [1.29, 1.82) is 0 Å². The Bertz CT molecular complexity index is 1700. The van der Waals surface area contributed by atoms with E-state index in [0.717, 1.165) is 25.8 Å². The molecule has 11 nitrogen and oxygen atoms in total. The molecule has 4 N–H and O–H groups in total. The molecule has 3 aromatic rings. The molecule has 1 unspecified atom stereocenters. The molecule has 0 saturated heterocycles. The molecule has 51 heavy (non-hydrogen) atoms. The Morgan fingerprint density at radius 3 is 2.39 bits per heavy atom. The third kappa shape index (κ3) is 12.6. The summed E-state index contributed by atoms with van der Waals surface area (Å²) in [6.45, 7) is 8.60. The molecule has 1 atom stereocenters. The Kier molecular flexibility index (Phi) is 14.7. The summed E-state index contributed by atoms with van der Waals surface area (Å²) in [5.41, 5.74) is 2.90. The molecule has 4 amide bonds. The van der Waals surface area contributed by atoms with E-state index in [1.807, 2.05) is 0 Å². The van der Waals surface area contributed by atoms with Crippen LogP contribution in [0.1, 0.15) is 78.2 Å². The predicted molar refractivity (Wildman–Crippen MR) is 203 cm³/mol. The summed E-state index contributed by atoms with van der Waals surface area (Å²) < 4.78 is 7.61. The molecule has 0 fully saturated rings. The lowest BCUT2D eigenvalue weighted by Gasteiger charge is -2.23. The number of amides is 4. The third-order valence-corrected chi connectivity index (χ3v) is 9.53. The molecular formula is C39H53N6O5S+. The van der Waals surface area contributed by atoms with Crippen LogP contribution >= 0.6 is 11.8 Å². The number of aromatic nitrogens is 1. The molecule has 0 spiro atoms. The van der Waals surface area contributed by atoms with E-state index in [2.05, 4.69) is 105 Å². The fraction of sp³-hybridized carbons (Fsp3) is 0.462. The lowest BCUT2D eigenvalue weighted by molar-refractivity contribution is -0.671. The summed E-state index contributed by atoms with van der Waals surface area (Å²) in [7, 11) is 2.11. The minimum absolute atomic E-state index is 0.0574. The first-order chi connectivity index (χ1) is 24.4. The molecular weight excluding hydrogens is 665 g/mol. The molecule has 1 aliphatic rings. The van der Waals surface area contributed by atoms with Crippen LogP contribution in [0, 0.1) is 0 Å². The maximum atomic E-state index is 12.9. The van der Waals surface area contributed by atoms with Crippen molar-refractivity contribution in [3.8, 4) is 0 Å². The third-order valence-electron chi connectivity index (χ3n) is 8.36. The molecule has 4 rings (SSSR count). The number of thioether (sulfide) groups is 1. The van der Waals surface area contributed by atoms with E-state index in [4.69, 9.17) is 4.74 Å². The second-order valence-electron chi connectivity index (χ2n) is 13.7. The maximum absolute atomic E-state index is 12.9. The molecule has 0 bridgehead atoms. The largest absolute Gasteiger partial charge is 0.444 e. The molecule has 1 aliphatic heterocycles. The minimum atomic E-state index is -0.790. The Balaban J connectivity index is 1.17. The topological polar surface area (TPSA) is 133 Å². The normalized spacial score (nSPS) is 13.8. The number of rotatable bonds is 17. The highest BCUT2D eigenvalue weighted by Gasteiger charge is 2.24. The molecule has 1 aromatic heterocycles. The summed E-state index contributed by atoms with van der Waals surface area (Å²) in [6.07, 6.45) is 8.47. The van der Waals surface area contributed by atoms with Crippen LogP contribution in [0.4, 0.5) is 10.5 Å². The van der Waals surface area contributed by atoms with Crippen molar-refractivity contribution in [2.24, 2.45) is 0 Å². The number of aryl methyl sites for hydroxylation is 1. The van der Waals surface area contributed by atoms with Crippen LogP contribution < -0.4 is 30.7 Å². The van der Waals surface area contributed by atoms with Gasteiger partial charge in [0.25, 0.3) is 0 Å². The van der Waals surface area contributed by atoms with Crippen molar-refractivity contribution < 1.29 is 28.5 Å². The van der Waals surface area contributed by atoms with E-state index in [1.54, 1.807) is 32.5 Å². The van der Waals surface area contributed by atoms with E-state index in [1.165, 1.54) is 39.0 Å². The van der Waals surface area contributed by atoms with Crippen molar-refractivity contribution in [2.75, 3.05) is 31.6 Å². The number of hydrogen-bond acceptors (Lipinski definition) is 7. The van der Waals surface area contributed by atoms with Crippen LogP contribution in [-0.2, 0) is 25.7 Å². The van der Waals surface area contributed by atoms with Crippen LogP contribution in [0.5, 0.6) is 0 Å². The van der Waals surface area contributed by atoms with Gasteiger partial charge in [0.05, 0.1) is 16.1 Å². The van der Waals surface area contributed by atoms with Crippen molar-refractivity contribution >= 4 is 58.2 Å². The second kappa shape index (κ2) is 19.1. The number of nitrogens with one attached hydrogen (secondary N) is 4. The maximum Gasteiger partial charge on any atom is 0.408 e. The summed E-state index contributed by atoms with van der Waals surface area (Å²) >= 11 is 1.79. The summed E-state index contributed by atoms with van der Waals surface area (Å²) in [4.78, 5) is 52.3. The van der Waals surface area contributed by atoms with Gasteiger partial charge in [-0.3, -0.25) is 14.4 Å². The highest BCUT2D eigenvalue weighted by molar-refractivity contribution is 8.03. The average Bonchev–Trinajstić information content (AvgIpc) is 3.40. The lowest BCUT2D eigenvalue weighted by atomic mass is 10.1. The van der Waals surface area contributed by atoms with Crippen molar-refractivity contribution in [1.82, 2.24) is 21.3 Å². The fourth-order valence-corrected chi connectivity index (χ4v) is 6.91. The van der Waals surface area contributed by atoms with Crippen molar-refractivity contribution in [3.63, 3.8) is 0 Å². The van der Waals surface area contributed by atoms with E-state index < -0.39 is 17.7 Å². The van der Waals surface area contributed by atoms with Gasteiger partial charge in [-0.2, -0.15) is 4.57 Å². The number of unbranched alkanes of at least 4 members (excludes halogenated alkanes) is 3. The van der Waals surface area contributed by atoms with Crippen LogP contribution in [0.25, 0.3) is 17.0 Å². The zero-order valence-electron chi connectivity index (χ0n) is 30.6. The van der Waals surface area contributed by atoms with Crippen LogP contribution in [0.2, 0.25) is 0 Å². The van der Waals surface area contributed by atoms with Gasteiger partial charge in [-0.05, 0) is 82.7 Å². The number of pyridine rings is 1. The predicted octanol–water partition coefficient (Wildman–Crippen LogP) is 5.66. The number of para-hydroxylation sites is 2. The molecule has 0 aliphatic carbocycles. The van der Waals surface area contributed by atoms with Gasteiger partial charge in [-0.25, -0.2) is 4.79 Å². The van der Waals surface area contributed by atoms with Crippen molar-refractivity contribution in [3.05, 3.63) is 71.4 Å². The smallest absolute Gasteiger partial charge is 0.408 e. The number of fused-ring (bicyclic) bond motifs is 2. The molecule has 2 heterocycles. The highest BCUT2D eigenvalue weighted by atomic mass is 32.2. The van der Waals surface area contributed by atoms with Gasteiger partial charge in [0.1, 0.15) is 18.2 Å². The zero-order valence-corrected chi connectivity index (χ0v) is 31.4. The Hall–Kier alpha value is -4.58. The number of carbonyl (C=O) groups excluding carboxylic acids is 4. The number of alkyl carbamates (subject to hydrolysis) is 1. The van der Waals surface area contributed by atoms with Gasteiger partial charge in [0.15, 0.2) is 6.20 Å². The van der Waals surface area contributed by atoms with Gasteiger partial charge in [-0.15, -0.1) is 0 Å². The number of ether oxygens (including phenoxy) is 1. The number of carbonyl (C=O) groups is 4. The number of benzene rings is 2. The standard InChI is InChI=1S/C39H52N6O5S/c1-28(46)40-22-13-12-16-31(43-38(49)50-39(2,3)4)37(48)42-24-23-41-35(47)20-7-6-14-25-45-26-21-29(30-15-8-9-17-32(30)45)27-36-44(5)33-18-10-11-19-34(33)51-36/h8-11,15,17-19,21,26-27,31H,6-7,12-14,16,20,22-25H2,1-5H3,(H3-,40,41,42,43,46,47,48,49)/p+1. The van der Waals surface area contributed by atoms with Gasteiger partial charge in [0, 0.05) is 63.5 Å². The molecule has 274 valence electrons. The van der Waals surface area contributed by atoms with E-state index in [0.29, 0.717) is 32.2 Å². The van der Waals surface area contributed by atoms with Crippen molar-refractivity contribution in [2.45, 2.75) is 95.7 Å². The first-order valence-electron chi connectivity index (χ1n) is 17.8.